The van der Waals surface area contributed by atoms with Crippen molar-refractivity contribution in [2.75, 3.05) is 26.2 Å². The third-order valence-corrected chi connectivity index (χ3v) is 4.07. The van der Waals surface area contributed by atoms with Crippen LogP contribution in [-0.4, -0.2) is 43.1 Å². The summed E-state index contributed by atoms with van der Waals surface area (Å²) in [6.45, 7) is 7.73. The molecule has 1 heterocycles. The van der Waals surface area contributed by atoms with Crippen molar-refractivity contribution in [2.45, 2.75) is 45.6 Å². The highest BCUT2D eigenvalue weighted by molar-refractivity contribution is 5.94. The Hall–Kier alpha value is -1.26. The maximum Gasteiger partial charge on any atom is 0.254 e. The molecule has 0 radical (unpaired) electrons. The molecule has 1 saturated heterocycles. The van der Waals surface area contributed by atoms with Gasteiger partial charge in [-0.25, -0.2) is 0 Å². The predicted molar refractivity (Wildman–Crippen MR) is 96.7 cm³/mol. The summed E-state index contributed by atoms with van der Waals surface area (Å²) in [5, 5.41) is 3.34. The number of halogens is 1. The Bertz CT molecular complexity index is 459. The van der Waals surface area contributed by atoms with Gasteiger partial charge < -0.3 is 15.0 Å². The van der Waals surface area contributed by atoms with Gasteiger partial charge in [-0.05, 0) is 50.1 Å². The summed E-state index contributed by atoms with van der Waals surface area (Å²) in [5.41, 5.74) is 0.753. The second-order valence-corrected chi connectivity index (χ2v) is 5.87. The van der Waals surface area contributed by atoms with E-state index in [-0.39, 0.29) is 18.3 Å². The molecule has 1 aromatic carbocycles. The number of carbonyl (C=O) groups is 1. The number of hydrogen-bond donors (Lipinski definition) is 1. The summed E-state index contributed by atoms with van der Waals surface area (Å²) >= 11 is 0. The van der Waals surface area contributed by atoms with Crippen LogP contribution >= 0.6 is 12.4 Å². The largest absolute Gasteiger partial charge is 0.494 e. The number of ether oxygens (including phenoxy) is 1. The van der Waals surface area contributed by atoms with Crippen molar-refractivity contribution < 1.29 is 9.53 Å². The van der Waals surface area contributed by atoms with E-state index in [2.05, 4.69) is 19.2 Å². The number of unbranched alkanes of at least 4 members (excludes halogenated alkanes) is 1. The molecule has 1 atom stereocenters. The number of nitrogens with zero attached hydrogens (tertiary/aromatic N) is 1. The molecule has 1 amide bonds. The van der Waals surface area contributed by atoms with E-state index >= 15 is 0 Å². The number of hydrogen-bond acceptors (Lipinski definition) is 3. The van der Waals surface area contributed by atoms with Crippen molar-refractivity contribution in [3.8, 4) is 5.75 Å². The van der Waals surface area contributed by atoms with Crippen LogP contribution in [0.3, 0.4) is 0 Å². The molecule has 1 aliphatic rings. The first-order valence-corrected chi connectivity index (χ1v) is 8.50. The SMILES string of the molecule is CCCCOc1ccc(C(=O)N(CCC)C2CCNC2)cc1.Cl. The van der Waals surface area contributed by atoms with Crippen molar-refractivity contribution in [2.24, 2.45) is 0 Å². The lowest BCUT2D eigenvalue weighted by Gasteiger charge is -2.28. The fourth-order valence-corrected chi connectivity index (χ4v) is 2.79. The van der Waals surface area contributed by atoms with Gasteiger partial charge in [-0.2, -0.15) is 0 Å². The Kier molecular flexibility index (Phi) is 9.03. The molecule has 1 aromatic rings. The minimum absolute atomic E-state index is 0. The molecule has 0 bridgehead atoms. The molecule has 0 spiro atoms. The number of benzene rings is 1. The zero-order valence-corrected chi connectivity index (χ0v) is 15.0. The molecule has 5 heteroatoms. The van der Waals surface area contributed by atoms with Crippen molar-refractivity contribution in [3.05, 3.63) is 29.8 Å². The van der Waals surface area contributed by atoms with Gasteiger partial charge in [0, 0.05) is 24.7 Å². The van der Waals surface area contributed by atoms with Crippen LogP contribution in [0.5, 0.6) is 5.75 Å². The lowest BCUT2D eigenvalue weighted by Crippen LogP contribution is -2.42. The lowest BCUT2D eigenvalue weighted by atomic mass is 10.1. The van der Waals surface area contributed by atoms with Gasteiger partial charge in [0.05, 0.1) is 6.61 Å². The standard InChI is InChI=1S/C18H28N2O2.ClH/c1-3-5-13-22-17-8-6-15(7-9-17)18(21)20(12-4-2)16-10-11-19-14-16;/h6-9,16,19H,3-5,10-14H2,1-2H3;1H. The zero-order chi connectivity index (χ0) is 15.8. The van der Waals surface area contributed by atoms with Gasteiger partial charge in [0.25, 0.3) is 5.91 Å². The number of amides is 1. The van der Waals surface area contributed by atoms with Gasteiger partial charge in [0.15, 0.2) is 0 Å². The van der Waals surface area contributed by atoms with Gasteiger partial charge in [0.1, 0.15) is 5.75 Å². The maximum atomic E-state index is 12.8. The van der Waals surface area contributed by atoms with E-state index in [4.69, 9.17) is 4.74 Å². The molecular formula is C18H29ClN2O2. The summed E-state index contributed by atoms with van der Waals surface area (Å²) in [6.07, 6.45) is 4.21. The van der Waals surface area contributed by atoms with Crippen LogP contribution in [-0.2, 0) is 0 Å². The van der Waals surface area contributed by atoms with Crippen LogP contribution in [0.1, 0.15) is 49.9 Å². The second kappa shape index (κ2) is 10.5. The molecule has 1 unspecified atom stereocenters. The molecule has 0 aliphatic carbocycles. The number of carbonyl (C=O) groups excluding carboxylic acids is 1. The molecule has 1 fully saturated rings. The van der Waals surface area contributed by atoms with Crippen LogP contribution in [0.2, 0.25) is 0 Å². The molecule has 2 rings (SSSR count). The highest BCUT2D eigenvalue weighted by Gasteiger charge is 2.26. The summed E-state index contributed by atoms with van der Waals surface area (Å²) in [4.78, 5) is 14.8. The predicted octanol–water partition coefficient (Wildman–Crippen LogP) is 3.50. The van der Waals surface area contributed by atoms with E-state index < -0.39 is 0 Å². The quantitative estimate of drug-likeness (QED) is 0.736. The Morgan fingerprint density at radius 1 is 1.26 bits per heavy atom. The smallest absolute Gasteiger partial charge is 0.254 e. The van der Waals surface area contributed by atoms with Crippen LogP contribution in [0, 0.1) is 0 Å². The van der Waals surface area contributed by atoms with Gasteiger partial charge in [-0.15, -0.1) is 12.4 Å². The average Bonchev–Trinajstić information content (AvgIpc) is 3.07. The first-order chi connectivity index (χ1) is 10.8. The molecule has 1 aliphatic heterocycles. The monoisotopic (exact) mass is 340 g/mol. The average molecular weight is 341 g/mol. The number of rotatable bonds is 8. The van der Waals surface area contributed by atoms with Crippen LogP contribution in [0.15, 0.2) is 24.3 Å². The van der Waals surface area contributed by atoms with E-state index in [9.17, 15) is 4.79 Å². The highest BCUT2D eigenvalue weighted by atomic mass is 35.5. The molecule has 0 aromatic heterocycles. The Labute approximate surface area is 146 Å². The normalized spacial score (nSPS) is 16.7. The first-order valence-electron chi connectivity index (χ1n) is 8.50. The van der Waals surface area contributed by atoms with Gasteiger partial charge in [0.2, 0.25) is 0 Å². The maximum absolute atomic E-state index is 12.8. The Morgan fingerprint density at radius 3 is 2.57 bits per heavy atom. The Morgan fingerprint density at radius 2 is 2.00 bits per heavy atom. The summed E-state index contributed by atoms with van der Waals surface area (Å²) in [6, 6.07) is 7.90. The molecule has 23 heavy (non-hydrogen) atoms. The summed E-state index contributed by atoms with van der Waals surface area (Å²) in [7, 11) is 0. The van der Waals surface area contributed by atoms with E-state index in [1.165, 1.54) is 0 Å². The molecule has 4 nitrogen and oxygen atoms in total. The number of nitrogens with one attached hydrogen (secondary N) is 1. The van der Waals surface area contributed by atoms with Crippen molar-refractivity contribution >= 4 is 18.3 Å². The van der Waals surface area contributed by atoms with E-state index in [0.717, 1.165) is 63.2 Å². The zero-order valence-electron chi connectivity index (χ0n) is 14.2. The molecular weight excluding hydrogens is 312 g/mol. The van der Waals surface area contributed by atoms with E-state index in [1.54, 1.807) is 0 Å². The third-order valence-electron chi connectivity index (χ3n) is 4.07. The summed E-state index contributed by atoms with van der Waals surface area (Å²) in [5.74, 6) is 0.977. The molecule has 130 valence electrons. The lowest BCUT2D eigenvalue weighted by molar-refractivity contribution is 0.0692. The second-order valence-electron chi connectivity index (χ2n) is 5.87. The minimum atomic E-state index is 0. The van der Waals surface area contributed by atoms with Crippen molar-refractivity contribution in [1.29, 1.82) is 0 Å². The van der Waals surface area contributed by atoms with Crippen LogP contribution in [0.4, 0.5) is 0 Å². The highest BCUT2D eigenvalue weighted by Crippen LogP contribution is 2.17. The third kappa shape index (κ3) is 5.70. The topological polar surface area (TPSA) is 41.6 Å². The van der Waals surface area contributed by atoms with E-state index in [1.807, 2.05) is 29.2 Å². The van der Waals surface area contributed by atoms with E-state index in [0.29, 0.717) is 6.04 Å². The fraction of sp³-hybridized carbons (Fsp3) is 0.611. The molecule has 0 saturated carbocycles. The van der Waals surface area contributed by atoms with Crippen LogP contribution in [0.25, 0.3) is 0 Å². The van der Waals surface area contributed by atoms with Crippen LogP contribution < -0.4 is 10.1 Å². The van der Waals surface area contributed by atoms with Crippen molar-refractivity contribution in [1.82, 2.24) is 10.2 Å². The van der Waals surface area contributed by atoms with Gasteiger partial charge >= 0.3 is 0 Å². The van der Waals surface area contributed by atoms with Gasteiger partial charge in [-0.1, -0.05) is 20.3 Å². The first kappa shape index (κ1) is 19.8. The minimum Gasteiger partial charge on any atom is -0.494 e. The van der Waals surface area contributed by atoms with Gasteiger partial charge in [-0.3, -0.25) is 4.79 Å². The van der Waals surface area contributed by atoms with Crippen molar-refractivity contribution in [3.63, 3.8) is 0 Å². The molecule has 1 N–H and O–H groups in total. The summed E-state index contributed by atoms with van der Waals surface area (Å²) < 4.78 is 5.65. The fourth-order valence-electron chi connectivity index (χ4n) is 2.79. The Balaban J connectivity index is 0.00000264.